The van der Waals surface area contributed by atoms with Crippen LogP contribution in [0.4, 0.5) is 5.95 Å². The van der Waals surface area contributed by atoms with E-state index in [0.717, 1.165) is 40.2 Å². The average molecular weight is 467 g/mol. The van der Waals surface area contributed by atoms with Crippen molar-refractivity contribution in [2.75, 3.05) is 5.01 Å². The van der Waals surface area contributed by atoms with E-state index in [0.29, 0.717) is 5.95 Å². The van der Waals surface area contributed by atoms with E-state index in [1.165, 1.54) is 11.1 Å². The minimum atomic E-state index is 0.0123. The minimum Gasteiger partial charge on any atom is -0.223 e. The third-order valence-corrected chi connectivity index (χ3v) is 6.54. The summed E-state index contributed by atoms with van der Waals surface area (Å²) in [7, 11) is 0. The van der Waals surface area contributed by atoms with Gasteiger partial charge in [0.25, 0.3) is 0 Å². The number of rotatable bonds is 5. The summed E-state index contributed by atoms with van der Waals surface area (Å²) in [5, 5.41) is 7.10. The summed E-state index contributed by atoms with van der Waals surface area (Å²) >= 11 is 0. The van der Waals surface area contributed by atoms with Crippen LogP contribution < -0.4 is 5.01 Å². The van der Waals surface area contributed by atoms with Gasteiger partial charge in [-0.3, -0.25) is 0 Å². The van der Waals surface area contributed by atoms with E-state index in [4.69, 9.17) is 15.1 Å². The first kappa shape index (κ1) is 21.9. The lowest BCUT2D eigenvalue weighted by Gasteiger charge is -2.23. The van der Waals surface area contributed by atoms with Crippen molar-refractivity contribution >= 4 is 11.7 Å². The molecular formula is C32H26N4. The molecule has 4 nitrogen and oxygen atoms in total. The molecule has 1 atom stereocenters. The van der Waals surface area contributed by atoms with Crippen LogP contribution in [0.2, 0.25) is 0 Å². The predicted octanol–water partition coefficient (Wildman–Crippen LogP) is 7.47. The highest BCUT2D eigenvalue weighted by atomic mass is 15.5. The molecule has 4 aromatic carbocycles. The number of hydrogen-bond acceptors (Lipinski definition) is 4. The van der Waals surface area contributed by atoms with Gasteiger partial charge in [-0.2, -0.15) is 5.10 Å². The molecule has 0 aliphatic carbocycles. The number of nitrogens with zero attached hydrogens (tertiary/aromatic N) is 4. The predicted molar refractivity (Wildman–Crippen MR) is 147 cm³/mol. The van der Waals surface area contributed by atoms with Crippen molar-refractivity contribution in [3.05, 3.63) is 138 Å². The van der Waals surface area contributed by atoms with Crippen molar-refractivity contribution in [2.24, 2.45) is 5.10 Å². The fraction of sp³-hybridized carbons (Fsp3) is 0.0938. The van der Waals surface area contributed by atoms with E-state index in [1.54, 1.807) is 0 Å². The molecule has 0 saturated heterocycles. The van der Waals surface area contributed by atoms with Gasteiger partial charge in [0.15, 0.2) is 0 Å². The molecule has 0 N–H and O–H groups in total. The van der Waals surface area contributed by atoms with Crippen molar-refractivity contribution in [1.29, 1.82) is 0 Å². The molecule has 4 heteroatoms. The van der Waals surface area contributed by atoms with Gasteiger partial charge in [0, 0.05) is 17.5 Å². The summed E-state index contributed by atoms with van der Waals surface area (Å²) in [4.78, 5) is 10.1. The standard InChI is InChI=1S/C32H26N4/c1-23-17-19-26(20-18-23)29-21-28(24-11-5-2-6-12-24)33-32(34-29)36-31(27-15-9-4-10-16-27)22-30(35-36)25-13-7-3-8-14-25/h2-21,31H,22H2,1H3/t31-/m0/s1. The number of hydrogen-bond donors (Lipinski definition) is 0. The summed E-state index contributed by atoms with van der Waals surface area (Å²) in [5.74, 6) is 0.603. The van der Waals surface area contributed by atoms with Crippen molar-refractivity contribution in [3.63, 3.8) is 0 Å². The Balaban J connectivity index is 1.51. The maximum atomic E-state index is 5.10. The summed E-state index contributed by atoms with van der Waals surface area (Å²) in [6.07, 6.45) is 0.785. The zero-order valence-electron chi connectivity index (χ0n) is 20.1. The zero-order chi connectivity index (χ0) is 24.3. The molecule has 36 heavy (non-hydrogen) atoms. The van der Waals surface area contributed by atoms with Crippen molar-refractivity contribution in [1.82, 2.24) is 9.97 Å². The Labute approximate surface area is 211 Å². The van der Waals surface area contributed by atoms with Crippen molar-refractivity contribution in [2.45, 2.75) is 19.4 Å². The van der Waals surface area contributed by atoms with Crippen molar-refractivity contribution < 1.29 is 0 Å². The van der Waals surface area contributed by atoms with Gasteiger partial charge in [-0.05, 0) is 24.1 Å². The van der Waals surface area contributed by atoms with Crippen LogP contribution in [0.1, 0.15) is 29.2 Å². The molecule has 0 spiro atoms. The summed E-state index contributed by atoms with van der Waals surface area (Å²) < 4.78 is 0. The monoisotopic (exact) mass is 466 g/mol. The number of aromatic nitrogens is 2. The summed E-state index contributed by atoms with van der Waals surface area (Å²) in [6.45, 7) is 2.10. The van der Waals surface area contributed by atoms with Crippen LogP contribution in [0.5, 0.6) is 0 Å². The molecule has 1 aliphatic heterocycles. The topological polar surface area (TPSA) is 41.4 Å². The lowest BCUT2D eigenvalue weighted by atomic mass is 9.98. The third-order valence-electron chi connectivity index (χ3n) is 6.54. The van der Waals surface area contributed by atoms with E-state index in [1.807, 2.05) is 35.3 Å². The lowest BCUT2D eigenvalue weighted by Crippen LogP contribution is -2.21. The SMILES string of the molecule is Cc1ccc(-c2cc(-c3ccccc3)nc(N3N=C(c4ccccc4)C[C@H]3c3ccccc3)n2)cc1. The second-order valence-corrected chi connectivity index (χ2v) is 9.06. The number of hydrazone groups is 1. The first-order valence-electron chi connectivity index (χ1n) is 12.2. The Morgan fingerprint density at radius 3 is 1.75 bits per heavy atom. The van der Waals surface area contributed by atoms with E-state index >= 15 is 0 Å². The summed E-state index contributed by atoms with van der Waals surface area (Å²) in [5.41, 5.74) is 8.45. The van der Waals surface area contributed by atoms with Gasteiger partial charge in [0.05, 0.1) is 23.1 Å². The van der Waals surface area contributed by atoms with Gasteiger partial charge in [0.2, 0.25) is 5.95 Å². The maximum absolute atomic E-state index is 5.10. The molecule has 2 heterocycles. The highest BCUT2D eigenvalue weighted by molar-refractivity contribution is 6.03. The van der Waals surface area contributed by atoms with Crippen LogP contribution in [0.3, 0.4) is 0 Å². The highest BCUT2D eigenvalue weighted by Crippen LogP contribution is 2.37. The maximum Gasteiger partial charge on any atom is 0.247 e. The van der Waals surface area contributed by atoms with Gasteiger partial charge in [-0.15, -0.1) is 0 Å². The van der Waals surface area contributed by atoms with Gasteiger partial charge in [-0.25, -0.2) is 15.0 Å². The van der Waals surface area contributed by atoms with Gasteiger partial charge in [-0.1, -0.05) is 121 Å². The first-order valence-corrected chi connectivity index (χ1v) is 12.2. The van der Waals surface area contributed by atoms with Crippen molar-refractivity contribution in [3.8, 4) is 22.5 Å². The Morgan fingerprint density at radius 2 is 1.14 bits per heavy atom. The fourth-order valence-corrected chi connectivity index (χ4v) is 4.60. The van der Waals surface area contributed by atoms with Gasteiger partial charge in [0.1, 0.15) is 0 Å². The minimum absolute atomic E-state index is 0.0123. The lowest BCUT2D eigenvalue weighted by molar-refractivity contribution is 0.687. The van der Waals surface area contributed by atoms with E-state index in [9.17, 15) is 0 Å². The van der Waals surface area contributed by atoms with Crippen LogP contribution in [0.25, 0.3) is 22.5 Å². The molecule has 0 radical (unpaired) electrons. The fourth-order valence-electron chi connectivity index (χ4n) is 4.60. The number of benzene rings is 4. The molecule has 174 valence electrons. The Bertz CT molecular complexity index is 1500. The van der Waals surface area contributed by atoms with E-state index in [2.05, 4.69) is 97.9 Å². The Hall–Kier alpha value is -4.57. The quantitative estimate of drug-likeness (QED) is 0.270. The van der Waals surface area contributed by atoms with E-state index in [-0.39, 0.29) is 6.04 Å². The Morgan fingerprint density at radius 1 is 0.611 bits per heavy atom. The largest absolute Gasteiger partial charge is 0.247 e. The molecule has 0 unspecified atom stereocenters. The molecule has 0 saturated carbocycles. The van der Waals surface area contributed by atoms with Gasteiger partial charge >= 0.3 is 0 Å². The molecule has 0 fully saturated rings. The third kappa shape index (κ3) is 4.41. The molecule has 1 aliphatic rings. The van der Waals surface area contributed by atoms with Crippen LogP contribution in [0, 0.1) is 6.92 Å². The molecule has 0 bridgehead atoms. The number of aryl methyl sites for hydroxylation is 1. The summed E-state index contributed by atoms with van der Waals surface area (Å²) in [6, 6.07) is 41.7. The normalized spacial score (nSPS) is 15.1. The van der Waals surface area contributed by atoms with Gasteiger partial charge < -0.3 is 0 Å². The van der Waals surface area contributed by atoms with Crippen LogP contribution in [-0.2, 0) is 0 Å². The zero-order valence-corrected chi connectivity index (χ0v) is 20.1. The van der Waals surface area contributed by atoms with Crippen LogP contribution in [-0.4, -0.2) is 15.7 Å². The highest BCUT2D eigenvalue weighted by Gasteiger charge is 2.32. The smallest absolute Gasteiger partial charge is 0.223 e. The van der Waals surface area contributed by atoms with Crippen LogP contribution in [0.15, 0.2) is 126 Å². The van der Waals surface area contributed by atoms with E-state index < -0.39 is 0 Å². The molecule has 1 aromatic heterocycles. The number of anilines is 1. The van der Waals surface area contributed by atoms with Crippen LogP contribution >= 0.6 is 0 Å². The molecule has 6 rings (SSSR count). The Kier molecular flexibility index (Phi) is 5.84. The second-order valence-electron chi connectivity index (χ2n) is 9.06. The first-order chi connectivity index (χ1) is 17.7. The molecule has 0 amide bonds. The molecule has 5 aromatic rings. The molecular weight excluding hydrogens is 440 g/mol. The second kappa shape index (κ2) is 9.59. The average Bonchev–Trinajstić information content (AvgIpc) is 3.40.